The largest absolute Gasteiger partial charge is 0.497 e. The third-order valence-corrected chi connectivity index (χ3v) is 6.15. The molecule has 1 aromatic rings. The molecule has 2 rings (SSSR count). The van der Waals surface area contributed by atoms with Crippen LogP contribution in [0.5, 0.6) is 11.5 Å². The molecule has 1 fully saturated rings. The third kappa shape index (κ3) is 6.94. The molecule has 0 aliphatic carbocycles. The lowest BCUT2D eigenvalue weighted by atomic mass is 10.0. The number of methoxy groups -OCH3 is 1. The first kappa shape index (κ1) is 21.9. The summed E-state index contributed by atoms with van der Waals surface area (Å²) < 4.78 is 28.7. The molecule has 0 aromatic heterocycles. The van der Waals surface area contributed by atoms with Gasteiger partial charge in [0, 0.05) is 18.7 Å². The van der Waals surface area contributed by atoms with E-state index in [1.165, 1.54) is 0 Å². The fraction of sp³-hybridized carbons (Fsp3) is 0.579. The summed E-state index contributed by atoms with van der Waals surface area (Å²) in [6.07, 6.45) is 1.37. The van der Waals surface area contributed by atoms with Gasteiger partial charge in [-0.1, -0.05) is 19.1 Å². The van der Waals surface area contributed by atoms with Crippen molar-refractivity contribution in [3.63, 3.8) is 0 Å². The highest BCUT2D eigenvalue weighted by atomic mass is 31.2. The molecule has 1 heterocycles. The van der Waals surface area contributed by atoms with Crippen LogP contribution in [0.3, 0.4) is 0 Å². The molecule has 27 heavy (non-hydrogen) atoms. The number of ether oxygens (including phenoxy) is 3. The van der Waals surface area contributed by atoms with E-state index in [-0.39, 0.29) is 18.7 Å². The highest BCUT2D eigenvalue weighted by Gasteiger charge is 2.38. The second kappa shape index (κ2) is 10.2. The van der Waals surface area contributed by atoms with Crippen LogP contribution in [-0.4, -0.2) is 59.1 Å². The Hall–Kier alpha value is -1.37. The average molecular weight is 400 g/mol. The first-order chi connectivity index (χ1) is 12.8. The lowest BCUT2D eigenvalue weighted by Crippen LogP contribution is -2.51. The van der Waals surface area contributed by atoms with Crippen LogP contribution in [0.1, 0.15) is 26.2 Å². The summed E-state index contributed by atoms with van der Waals surface area (Å²) in [7, 11) is -1.73. The van der Waals surface area contributed by atoms with Crippen LogP contribution in [0, 0.1) is 0 Å². The molecule has 5 unspecified atom stereocenters. The van der Waals surface area contributed by atoms with Crippen LogP contribution in [-0.2, 0) is 9.30 Å². The van der Waals surface area contributed by atoms with Gasteiger partial charge in [-0.25, -0.2) is 0 Å². The normalized spacial score (nSPS) is 28.0. The highest BCUT2D eigenvalue weighted by Crippen LogP contribution is 2.42. The quantitative estimate of drug-likeness (QED) is 0.432. The van der Waals surface area contributed by atoms with Gasteiger partial charge in [-0.3, -0.25) is 4.57 Å². The van der Waals surface area contributed by atoms with Gasteiger partial charge < -0.3 is 29.3 Å². The van der Waals surface area contributed by atoms with E-state index in [0.29, 0.717) is 17.9 Å². The molecule has 8 heteroatoms. The maximum atomic E-state index is 12.2. The van der Waals surface area contributed by atoms with Crippen LogP contribution >= 0.6 is 7.37 Å². The first-order valence-electron chi connectivity index (χ1n) is 9.12. The zero-order valence-corrected chi connectivity index (χ0v) is 16.6. The predicted octanol–water partition coefficient (Wildman–Crippen LogP) is 2.54. The van der Waals surface area contributed by atoms with Gasteiger partial charge in [0.15, 0.2) is 0 Å². The molecule has 0 bridgehead atoms. The molecule has 5 atom stereocenters. The van der Waals surface area contributed by atoms with Crippen molar-refractivity contribution in [1.29, 1.82) is 0 Å². The van der Waals surface area contributed by atoms with E-state index in [0.717, 1.165) is 6.42 Å². The molecule has 1 aliphatic heterocycles. The van der Waals surface area contributed by atoms with Crippen molar-refractivity contribution in [2.24, 2.45) is 0 Å². The molecule has 0 spiro atoms. The smallest absolute Gasteiger partial charge is 0.228 e. The Balaban J connectivity index is 1.93. The lowest BCUT2D eigenvalue weighted by molar-refractivity contribution is -0.235. The standard InChI is InChI=1S/C19H29O7P/c1-3-4-5-11-27(22,23)12-10-16-13-17(20)18(21)19(26-16)25-15-8-6-14(24-2)7-9-15/h4-9,16-21H,3,10-13H2,1-2H3,(H,22,23)/b5-4+. The molecule has 0 saturated carbocycles. The first-order valence-corrected chi connectivity index (χ1v) is 11.2. The molecule has 152 valence electrons. The van der Waals surface area contributed by atoms with Gasteiger partial charge >= 0.3 is 0 Å². The molecule has 1 saturated heterocycles. The van der Waals surface area contributed by atoms with Crippen LogP contribution in [0.25, 0.3) is 0 Å². The van der Waals surface area contributed by atoms with Crippen LogP contribution < -0.4 is 9.47 Å². The van der Waals surface area contributed by atoms with E-state index in [9.17, 15) is 19.7 Å². The minimum absolute atomic E-state index is 0.0871. The topological polar surface area (TPSA) is 105 Å². The molecule has 1 aliphatic rings. The summed E-state index contributed by atoms with van der Waals surface area (Å²) in [5.41, 5.74) is 0. The molecule has 3 N–H and O–H groups in total. The number of allylic oxidation sites excluding steroid dienone is 2. The Morgan fingerprint density at radius 2 is 1.89 bits per heavy atom. The Morgan fingerprint density at radius 3 is 2.52 bits per heavy atom. The minimum Gasteiger partial charge on any atom is -0.497 e. The molecular weight excluding hydrogens is 371 g/mol. The van der Waals surface area contributed by atoms with Gasteiger partial charge in [0.2, 0.25) is 13.7 Å². The fourth-order valence-corrected chi connectivity index (χ4v) is 4.18. The zero-order chi connectivity index (χ0) is 19.9. The van der Waals surface area contributed by atoms with Gasteiger partial charge in [-0.15, -0.1) is 0 Å². The van der Waals surface area contributed by atoms with Crippen molar-refractivity contribution in [2.75, 3.05) is 19.4 Å². The van der Waals surface area contributed by atoms with Crippen molar-refractivity contribution in [3.05, 3.63) is 36.4 Å². The van der Waals surface area contributed by atoms with Gasteiger partial charge in [0.25, 0.3) is 0 Å². The third-order valence-electron chi connectivity index (χ3n) is 4.41. The number of aliphatic hydroxyl groups is 2. The SMILES string of the molecule is CC/C=C/CP(=O)(O)CCC1CC(O)C(O)C(Oc2ccc(OC)cc2)O1. The van der Waals surface area contributed by atoms with E-state index < -0.39 is 32.0 Å². The summed E-state index contributed by atoms with van der Waals surface area (Å²) >= 11 is 0. The number of benzene rings is 1. The van der Waals surface area contributed by atoms with E-state index in [2.05, 4.69) is 0 Å². The van der Waals surface area contributed by atoms with Crippen molar-refractivity contribution in [3.8, 4) is 11.5 Å². The van der Waals surface area contributed by atoms with E-state index in [1.807, 2.05) is 13.0 Å². The maximum Gasteiger partial charge on any atom is 0.228 e. The summed E-state index contributed by atoms with van der Waals surface area (Å²) in [6.45, 7) is 1.96. The number of rotatable bonds is 9. The van der Waals surface area contributed by atoms with Gasteiger partial charge in [-0.2, -0.15) is 0 Å². The Morgan fingerprint density at radius 1 is 1.22 bits per heavy atom. The zero-order valence-electron chi connectivity index (χ0n) is 15.7. The summed E-state index contributed by atoms with van der Waals surface area (Å²) in [6, 6.07) is 6.77. The van der Waals surface area contributed by atoms with Gasteiger partial charge in [-0.05, 0) is 37.1 Å². The predicted molar refractivity (Wildman–Crippen MR) is 103 cm³/mol. The Kier molecular flexibility index (Phi) is 8.32. The molecular formula is C19H29O7P. The Labute approximate surface area is 160 Å². The van der Waals surface area contributed by atoms with E-state index in [1.54, 1.807) is 37.5 Å². The van der Waals surface area contributed by atoms with E-state index >= 15 is 0 Å². The van der Waals surface area contributed by atoms with Gasteiger partial charge in [0.1, 0.15) is 17.6 Å². The highest BCUT2D eigenvalue weighted by molar-refractivity contribution is 7.58. The van der Waals surface area contributed by atoms with Crippen molar-refractivity contribution in [1.82, 2.24) is 0 Å². The molecule has 0 amide bonds. The molecule has 7 nitrogen and oxygen atoms in total. The second-order valence-electron chi connectivity index (χ2n) is 6.63. The molecule has 1 aromatic carbocycles. The van der Waals surface area contributed by atoms with E-state index in [4.69, 9.17) is 14.2 Å². The summed E-state index contributed by atoms with van der Waals surface area (Å²) in [5, 5.41) is 20.3. The van der Waals surface area contributed by atoms with Crippen molar-refractivity contribution >= 4 is 7.37 Å². The van der Waals surface area contributed by atoms with Crippen LogP contribution in [0.15, 0.2) is 36.4 Å². The monoisotopic (exact) mass is 400 g/mol. The fourth-order valence-electron chi connectivity index (χ4n) is 2.83. The number of aliphatic hydroxyl groups excluding tert-OH is 2. The number of hydrogen-bond acceptors (Lipinski definition) is 6. The lowest BCUT2D eigenvalue weighted by Gasteiger charge is -2.37. The number of hydrogen-bond donors (Lipinski definition) is 3. The molecule has 0 radical (unpaired) electrons. The summed E-state index contributed by atoms with van der Waals surface area (Å²) in [4.78, 5) is 10.0. The van der Waals surface area contributed by atoms with Crippen LogP contribution in [0.2, 0.25) is 0 Å². The average Bonchev–Trinajstić information content (AvgIpc) is 2.64. The summed E-state index contributed by atoms with van der Waals surface area (Å²) in [5.74, 6) is 1.13. The maximum absolute atomic E-state index is 12.2. The van der Waals surface area contributed by atoms with Crippen molar-refractivity contribution in [2.45, 2.75) is 50.8 Å². The minimum atomic E-state index is -3.28. The Bertz CT molecular complexity index is 646. The second-order valence-corrected chi connectivity index (χ2v) is 9.14. The van der Waals surface area contributed by atoms with Crippen molar-refractivity contribution < 1.29 is 33.9 Å². The van der Waals surface area contributed by atoms with Gasteiger partial charge in [0.05, 0.1) is 19.3 Å². The van der Waals surface area contributed by atoms with Crippen LogP contribution in [0.4, 0.5) is 0 Å².